The average Bonchev–Trinajstić information content (AvgIpc) is 2.47. The molecular formula is C17H20O4. The Morgan fingerprint density at radius 2 is 1.90 bits per heavy atom. The molecule has 0 heterocycles. The van der Waals surface area contributed by atoms with E-state index in [1.165, 1.54) is 0 Å². The first kappa shape index (κ1) is 15.3. The van der Waals surface area contributed by atoms with Gasteiger partial charge in [0, 0.05) is 10.9 Å². The second-order valence-corrected chi connectivity index (χ2v) is 4.89. The molecule has 0 aliphatic heterocycles. The molecule has 0 spiro atoms. The van der Waals surface area contributed by atoms with Crippen molar-refractivity contribution < 1.29 is 19.4 Å². The van der Waals surface area contributed by atoms with Crippen LogP contribution in [-0.2, 0) is 9.53 Å². The van der Waals surface area contributed by atoms with E-state index in [1.54, 1.807) is 20.8 Å². The highest BCUT2D eigenvalue weighted by Gasteiger charge is 2.20. The Balaban J connectivity index is 2.44. The molecule has 2 unspecified atom stereocenters. The van der Waals surface area contributed by atoms with Gasteiger partial charge >= 0.3 is 5.97 Å². The molecule has 0 aromatic heterocycles. The third-order valence-corrected chi connectivity index (χ3v) is 3.27. The number of ether oxygens (including phenoxy) is 2. The van der Waals surface area contributed by atoms with Gasteiger partial charge in [0.05, 0.1) is 12.7 Å². The van der Waals surface area contributed by atoms with Gasteiger partial charge in [0.25, 0.3) is 0 Å². The van der Waals surface area contributed by atoms with E-state index >= 15 is 0 Å². The highest BCUT2D eigenvalue weighted by molar-refractivity contribution is 5.90. The summed E-state index contributed by atoms with van der Waals surface area (Å²) in [5.41, 5.74) is 0.657. The topological polar surface area (TPSA) is 55.8 Å². The molecule has 0 amide bonds. The second kappa shape index (κ2) is 6.59. The first-order valence-electron chi connectivity index (χ1n) is 7.07. The zero-order valence-corrected chi connectivity index (χ0v) is 12.5. The lowest BCUT2D eigenvalue weighted by molar-refractivity contribution is -0.150. The SMILES string of the molecule is CCOC(=O)C(C)Oc1c(C(C)O)ccc2ccccc12. The number of carbonyl (C=O) groups is 1. The maximum atomic E-state index is 11.8. The van der Waals surface area contributed by atoms with E-state index in [2.05, 4.69) is 0 Å². The van der Waals surface area contributed by atoms with Gasteiger partial charge in [-0.2, -0.15) is 0 Å². The molecule has 2 rings (SSSR count). The van der Waals surface area contributed by atoms with E-state index in [0.29, 0.717) is 17.9 Å². The van der Waals surface area contributed by atoms with Crippen molar-refractivity contribution >= 4 is 16.7 Å². The second-order valence-electron chi connectivity index (χ2n) is 4.89. The Bertz CT molecular complexity index is 634. The van der Waals surface area contributed by atoms with Crippen LogP contribution in [0.15, 0.2) is 36.4 Å². The van der Waals surface area contributed by atoms with E-state index in [9.17, 15) is 9.90 Å². The molecule has 0 saturated heterocycles. The van der Waals surface area contributed by atoms with Crippen LogP contribution in [0.1, 0.15) is 32.4 Å². The molecule has 0 aliphatic rings. The molecule has 21 heavy (non-hydrogen) atoms. The number of esters is 1. The summed E-state index contributed by atoms with van der Waals surface area (Å²) in [6.07, 6.45) is -1.41. The molecule has 0 aliphatic carbocycles. The van der Waals surface area contributed by atoms with E-state index in [4.69, 9.17) is 9.47 Å². The van der Waals surface area contributed by atoms with Crippen LogP contribution in [-0.4, -0.2) is 23.8 Å². The lowest BCUT2D eigenvalue weighted by atomic mass is 10.0. The average molecular weight is 288 g/mol. The quantitative estimate of drug-likeness (QED) is 0.858. The van der Waals surface area contributed by atoms with Crippen LogP contribution in [0.25, 0.3) is 10.8 Å². The predicted octanol–water partition coefficient (Wildman–Crippen LogP) is 3.22. The van der Waals surface area contributed by atoms with Crippen LogP contribution >= 0.6 is 0 Å². The van der Waals surface area contributed by atoms with Crippen molar-refractivity contribution in [3.05, 3.63) is 42.0 Å². The molecule has 2 atom stereocenters. The maximum absolute atomic E-state index is 11.8. The summed E-state index contributed by atoms with van der Waals surface area (Å²) in [6.45, 7) is 5.38. The van der Waals surface area contributed by atoms with Crippen LogP contribution in [0.5, 0.6) is 5.75 Å². The summed E-state index contributed by atoms with van der Waals surface area (Å²) < 4.78 is 10.8. The zero-order chi connectivity index (χ0) is 15.4. The number of aliphatic hydroxyl groups is 1. The van der Waals surface area contributed by atoms with Crippen LogP contribution in [0, 0.1) is 0 Å². The fraction of sp³-hybridized carbons (Fsp3) is 0.353. The molecule has 4 heteroatoms. The Morgan fingerprint density at radius 1 is 1.19 bits per heavy atom. The smallest absolute Gasteiger partial charge is 0.347 e. The molecule has 2 aromatic rings. The number of carbonyl (C=O) groups excluding carboxylic acids is 1. The minimum absolute atomic E-state index is 0.311. The van der Waals surface area contributed by atoms with Gasteiger partial charge in [-0.05, 0) is 26.2 Å². The summed E-state index contributed by atoms with van der Waals surface area (Å²) in [5.74, 6) is 0.116. The van der Waals surface area contributed by atoms with Gasteiger partial charge in [0.15, 0.2) is 6.10 Å². The zero-order valence-electron chi connectivity index (χ0n) is 12.5. The molecule has 112 valence electrons. The van der Waals surface area contributed by atoms with Crippen molar-refractivity contribution in [2.45, 2.75) is 33.0 Å². The van der Waals surface area contributed by atoms with Gasteiger partial charge in [-0.1, -0.05) is 36.4 Å². The van der Waals surface area contributed by atoms with Crippen molar-refractivity contribution in [1.29, 1.82) is 0 Å². The maximum Gasteiger partial charge on any atom is 0.347 e. The van der Waals surface area contributed by atoms with Gasteiger partial charge in [0.2, 0.25) is 0 Å². The standard InChI is InChI=1S/C17H20O4/c1-4-20-17(19)12(3)21-16-14(11(2)18)10-9-13-7-5-6-8-15(13)16/h5-12,18H,4H2,1-3H3. The Labute approximate surface area is 124 Å². The normalized spacial score (nSPS) is 13.7. The third kappa shape index (κ3) is 3.34. The fourth-order valence-electron chi connectivity index (χ4n) is 2.20. The van der Waals surface area contributed by atoms with E-state index in [0.717, 1.165) is 10.8 Å². The Hall–Kier alpha value is -2.07. The van der Waals surface area contributed by atoms with Crippen molar-refractivity contribution in [3.63, 3.8) is 0 Å². The number of hydrogen-bond acceptors (Lipinski definition) is 4. The number of fused-ring (bicyclic) bond motifs is 1. The van der Waals surface area contributed by atoms with Crippen molar-refractivity contribution in [3.8, 4) is 5.75 Å². The summed E-state index contributed by atoms with van der Waals surface area (Å²) in [7, 11) is 0. The van der Waals surface area contributed by atoms with Crippen molar-refractivity contribution in [1.82, 2.24) is 0 Å². The molecule has 0 fully saturated rings. The fourth-order valence-corrected chi connectivity index (χ4v) is 2.20. The molecule has 0 saturated carbocycles. The lowest BCUT2D eigenvalue weighted by Gasteiger charge is -2.19. The lowest BCUT2D eigenvalue weighted by Crippen LogP contribution is -2.26. The van der Waals surface area contributed by atoms with E-state index in [-0.39, 0.29) is 0 Å². The molecule has 2 aromatic carbocycles. The summed E-state index contributed by atoms with van der Waals surface area (Å²) in [5, 5.41) is 11.8. The molecule has 1 N–H and O–H groups in total. The van der Waals surface area contributed by atoms with Crippen LogP contribution in [0.4, 0.5) is 0 Å². The van der Waals surface area contributed by atoms with Crippen LogP contribution in [0.2, 0.25) is 0 Å². The van der Waals surface area contributed by atoms with Gasteiger partial charge in [-0.15, -0.1) is 0 Å². The van der Waals surface area contributed by atoms with E-state index < -0.39 is 18.2 Å². The first-order valence-corrected chi connectivity index (χ1v) is 7.07. The number of rotatable bonds is 5. The highest BCUT2D eigenvalue weighted by atomic mass is 16.6. The van der Waals surface area contributed by atoms with Crippen molar-refractivity contribution in [2.75, 3.05) is 6.61 Å². The van der Waals surface area contributed by atoms with Crippen LogP contribution < -0.4 is 4.74 Å². The molecule has 0 radical (unpaired) electrons. The number of aliphatic hydroxyl groups excluding tert-OH is 1. The predicted molar refractivity (Wildman–Crippen MR) is 81.3 cm³/mol. The number of benzene rings is 2. The third-order valence-electron chi connectivity index (χ3n) is 3.27. The Kier molecular flexibility index (Phi) is 4.81. The first-order chi connectivity index (χ1) is 10.0. The largest absolute Gasteiger partial charge is 0.478 e. The molecule has 0 bridgehead atoms. The van der Waals surface area contributed by atoms with Gasteiger partial charge in [0.1, 0.15) is 5.75 Å². The molecule has 4 nitrogen and oxygen atoms in total. The summed E-state index contributed by atoms with van der Waals surface area (Å²) >= 11 is 0. The Morgan fingerprint density at radius 3 is 2.57 bits per heavy atom. The van der Waals surface area contributed by atoms with Crippen LogP contribution in [0.3, 0.4) is 0 Å². The van der Waals surface area contributed by atoms with Gasteiger partial charge in [-0.3, -0.25) is 0 Å². The van der Waals surface area contributed by atoms with Crippen molar-refractivity contribution in [2.24, 2.45) is 0 Å². The molecular weight excluding hydrogens is 268 g/mol. The minimum atomic E-state index is -0.728. The summed E-state index contributed by atoms with van der Waals surface area (Å²) in [6, 6.07) is 11.5. The highest BCUT2D eigenvalue weighted by Crippen LogP contribution is 2.34. The summed E-state index contributed by atoms with van der Waals surface area (Å²) in [4.78, 5) is 11.8. The minimum Gasteiger partial charge on any atom is -0.478 e. The number of hydrogen-bond donors (Lipinski definition) is 1. The van der Waals surface area contributed by atoms with E-state index in [1.807, 2.05) is 36.4 Å². The van der Waals surface area contributed by atoms with Gasteiger partial charge < -0.3 is 14.6 Å². The monoisotopic (exact) mass is 288 g/mol. The van der Waals surface area contributed by atoms with Gasteiger partial charge in [-0.25, -0.2) is 4.79 Å².